The quantitative estimate of drug-likeness (QED) is 0.170. The van der Waals surface area contributed by atoms with Crippen LogP contribution in [0, 0.1) is 0 Å². The molecular formula is C23H41N3O2. The number of carbonyl (C=O) groups excluding carboxylic acids is 2. The summed E-state index contributed by atoms with van der Waals surface area (Å²) in [5, 5.41) is 0. The smallest absolute Gasteiger partial charge is 0.248 e. The molecule has 0 aliphatic rings. The normalized spacial score (nSPS) is 14.2. The molecule has 0 rings (SSSR count). The molecule has 0 aliphatic carbocycles. The standard InChI is InChI=1S/C23H41N3O2/c1-4-5-6-7-8-9-10-11-12-13-14-15-16-17-18-19-22(28)25-23(24)26(3)20-21(2)27/h8-9,11-12H,4-7,10,13-20H2,1-3H3,(H2,24,25,28)/b9-8-,12-11-/i3D3. The Balaban J connectivity index is 3.91. The van der Waals surface area contributed by atoms with Crippen LogP contribution in [0.4, 0.5) is 0 Å². The molecule has 0 aliphatic heterocycles. The lowest BCUT2D eigenvalue weighted by Crippen LogP contribution is -2.37. The topological polar surface area (TPSA) is 75.8 Å². The van der Waals surface area contributed by atoms with Gasteiger partial charge in [0.25, 0.3) is 0 Å². The van der Waals surface area contributed by atoms with Gasteiger partial charge in [0.15, 0.2) is 5.96 Å². The highest BCUT2D eigenvalue weighted by atomic mass is 16.1. The lowest BCUT2D eigenvalue weighted by molar-refractivity contribution is -0.119. The maximum atomic E-state index is 11.9. The first-order valence-electron chi connectivity index (χ1n) is 12.1. The van der Waals surface area contributed by atoms with Crippen LogP contribution in [0.25, 0.3) is 0 Å². The second-order valence-electron chi connectivity index (χ2n) is 7.13. The minimum atomic E-state index is -2.61. The number of hydrogen-bond donors (Lipinski definition) is 1. The van der Waals surface area contributed by atoms with Gasteiger partial charge in [-0.15, -0.1) is 0 Å². The van der Waals surface area contributed by atoms with Crippen LogP contribution in [0.3, 0.4) is 0 Å². The van der Waals surface area contributed by atoms with E-state index < -0.39 is 25.4 Å². The molecule has 0 aromatic heterocycles. The summed E-state index contributed by atoms with van der Waals surface area (Å²) in [7, 11) is 0. The van der Waals surface area contributed by atoms with E-state index in [2.05, 4.69) is 36.2 Å². The first kappa shape index (κ1) is 20.8. The van der Waals surface area contributed by atoms with Crippen molar-refractivity contribution in [2.45, 2.75) is 90.9 Å². The SMILES string of the molecule is [2H]C([2H])([2H])N(CC(C)=O)C(N)=NC(=O)CCCCCCC/C=C\C/C=C\CCCCC. The summed E-state index contributed by atoms with van der Waals surface area (Å²) in [6.07, 6.45) is 21.2. The summed E-state index contributed by atoms with van der Waals surface area (Å²) in [6, 6.07) is 0. The number of unbranched alkanes of at least 4 members (excludes halogenated alkanes) is 8. The minimum Gasteiger partial charge on any atom is -0.369 e. The van der Waals surface area contributed by atoms with Crippen LogP contribution in [0.1, 0.15) is 95.0 Å². The molecule has 0 saturated heterocycles. The third-order valence-electron chi connectivity index (χ3n) is 4.24. The Kier molecular flexibility index (Phi) is 13.7. The zero-order chi connectivity index (χ0) is 23.5. The second kappa shape index (κ2) is 18.5. The molecule has 0 radical (unpaired) electrons. The number of nitrogens with zero attached hydrogens (tertiary/aromatic N) is 2. The number of guanidine groups is 1. The minimum absolute atomic E-state index is 0.222. The predicted octanol–water partition coefficient (Wildman–Crippen LogP) is 5.16. The Hall–Kier alpha value is -1.91. The predicted molar refractivity (Wildman–Crippen MR) is 119 cm³/mol. The Labute approximate surface area is 176 Å². The van der Waals surface area contributed by atoms with E-state index in [4.69, 9.17) is 9.85 Å². The molecule has 5 heteroatoms. The molecule has 2 N–H and O–H groups in total. The van der Waals surface area contributed by atoms with E-state index in [-0.39, 0.29) is 12.2 Å². The molecule has 28 heavy (non-hydrogen) atoms. The largest absolute Gasteiger partial charge is 0.369 e. The van der Waals surface area contributed by atoms with Gasteiger partial charge in [-0.25, -0.2) is 0 Å². The van der Waals surface area contributed by atoms with Crippen molar-refractivity contribution in [1.82, 2.24) is 4.90 Å². The number of amides is 1. The van der Waals surface area contributed by atoms with Crippen LogP contribution < -0.4 is 5.73 Å². The maximum Gasteiger partial charge on any atom is 0.248 e. The summed E-state index contributed by atoms with van der Waals surface area (Å²) in [6.45, 7) is 0.465. The van der Waals surface area contributed by atoms with Crippen molar-refractivity contribution in [3.63, 3.8) is 0 Å². The van der Waals surface area contributed by atoms with Crippen LogP contribution >= 0.6 is 0 Å². The van der Waals surface area contributed by atoms with Crippen molar-refractivity contribution in [3.8, 4) is 0 Å². The molecule has 1 amide bonds. The second-order valence-corrected chi connectivity index (χ2v) is 7.13. The molecule has 0 atom stereocenters. The van der Waals surface area contributed by atoms with Crippen molar-refractivity contribution in [2.24, 2.45) is 10.7 Å². The molecule has 0 unspecified atom stereocenters. The van der Waals surface area contributed by atoms with Gasteiger partial charge in [-0.2, -0.15) is 4.99 Å². The highest BCUT2D eigenvalue weighted by Gasteiger charge is 2.07. The molecule has 0 aromatic carbocycles. The van der Waals surface area contributed by atoms with Gasteiger partial charge in [0.2, 0.25) is 5.91 Å². The van der Waals surface area contributed by atoms with Crippen LogP contribution in [-0.4, -0.2) is 36.1 Å². The van der Waals surface area contributed by atoms with E-state index in [0.717, 1.165) is 38.5 Å². The van der Waals surface area contributed by atoms with E-state index >= 15 is 0 Å². The monoisotopic (exact) mass is 394 g/mol. The molecule has 160 valence electrons. The van der Waals surface area contributed by atoms with E-state index in [1.807, 2.05) is 0 Å². The van der Waals surface area contributed by atoms with E-state index in [1.165, 1.54) is 32.6 Å². The fourth-order valence-corrected chi connectivity index (χ4v) is 2.64. The summed E-state index contributed by atoms with van der Waals surface area (Å²) < 4.78 is 22.2. The summed E-state index contributed by atoms with van der Waals surface area (Å²) in [5.74, 6) is -1.25. The van der Waals surface area contributed by atoms with Gasteiger partial charge in [0, 0.05) is 17.5 Å². The van der Waals surface area contributed by atoms with Crippen molar-refractivity contribution in [2.75, 3.05) is 13.5 Å². The van der Waals surface area contributed by atoms with Crippen LogP contribution in [0.15, 0.2) is 29.3 Å². The van der Waals surface area contributed by atoms with Crippen molar-refractivity contribution in [1.29, 1.82) is 0 Å². The molecular weight excluding hydrogens is 350 g/mol. The first-order valence-corrected chi connectivity index (χ1v) is 10.6. The maximum absolute atomic E-state index is 11.9. The first-order chi connectivity index (χ1) is 14.7. The summed E-state index contributed by atoms with van der Waals surface area (Å²) >= 11 is 0. The molecule has 5 nitrogen and oxygen atoms in total. The molecule has 0 saturated carbocycles. The average Bonchev–Trinajstić information content (AvgIpc) is 2.68. The zero-order valence-electron chi connectivity index (χ0n) is 20.8. The lowest BCUT2D eigenvalue weighted by Gasteiger charge is -2.15. The van der Waals surface area contributed by atoms with Crippen molar-refractivity contribution < 1.29 is 13.7 Å². The number of likely N-dealkylation sites (N-methyl/N-ethyl adjacent to an activating group) is 1. The lowest BCUT2D eigenvalue weighted by atomic mass is 10.1. The van der Waals surface area contributed by atoms with Crippen molar-refractivity contribution in [3.05, 3.63) is 24.3 Å². The third-order valence-corrected chi connectivity index (χ3v) is 4.24. The Morgan fingerprint density at radius 2 is 1.57 bits per heavy atom. The Morgan fingerprint density at radius 1 is 0.964 bits per heavy atom. The highest BCUT2D eigenvalue weighted by Crippen LogP contribution is 2.08. The highest BCUT2D eigenvalue weighted by molar-refractivity contribution is 5.93. The third kappa shape index (κ3) is 17.5. The van der Waals surface area contributed by atoms with E-state index in [9.17, 15) is 9.59 Å². The summed E-state index contributed by atoms with van der Waals surface area (Å²) in [4.78, 5) is 27.5. The molecule has 0 heterocycles. The molecule has 0 aromatic rings. The zero-order valence-corrected chi connectivity index (χ0v) is 17.8. The average molecular weight is 395 g/mol. The van der Waals surface area contributed by atoms with Crippen molar-refractivity contribution >= 4 is 17.6 Å². The number of nitrogens with two attached hydrogens (primary N) is 1. The Bertz CT molecular complexity index is 599. The van der Waals surface area contributed by atoms with Gasteiger partial charge in [-0.05, 0) is 45.4 Å². The van der Waals surface area contributed by atoms with Crippen LogP contribution in [0.5, 0.6) is 0 Å². The van der Waals surface area contributed by atoms with Gasteiger partial charge in [0.05, 0.1) is 6.54 Å². The van der Waals surface area contributed by atoms with E-state index in [1.54, 1.807) is 0 Å². The summed E-state index contributed by atoms with van der Waals surface area (Å²) in [5.41, 5.74) is 5.64. The number of hydrogen-bond acceptors (Lipinski definition) is 2. The fourth-order valence-electron chi connectivity index (χ4n) is 2.64. The van der Waals surface area contributed by atoms with Gasteiger partial charge >= 0.3 is 0 Å². The van der Waals surface area contributed by atoms with Crippen LogP contribution in [0.2, 0.25) is 0 Å². The number of ketones is 1. The van der Waals surface area contributed by atoms with Gasteiger partial charge in [-0.1, -0.05) is 63.3 Å². The van der Waals surface area contributed by atoms with Gasteiger partial charge < -0.3 is 10.6 Å². The van der Waals surface area contributed by atoms with E-state index in [0.29, 0.717) is 11.3 Å². The molecule has 0 bridgehead atoms. The number of rotatable bonds is 16. The van der Waals surface area contributed by atoms with Gasteiger partial charge in [0.1, 0.15) is 5.78 Å². The molecule has 0 spiro atoms. The number of carbonyl (C=O) groups is 2. The fraction of sp³-hybridized carbons (Fsp3) is 0.696. The number of allylic oxidation sites excluding steroid dienone is 4. The Morgan fingerprint density at radius 3 is 2.18 bits per heavy atom. The number of Topliss-reactive ketones (excluding diaryl/α,β-unsaturated/α-hetero) is 1. The molecule has 0 fully saturated rings. The number of aliphatic imine (C=N–C) groups is 1. The van der Waals surface area contributed by atoms with Crippen LogP contribution in [-0.2, 0) is 9.59 Å². The van der Waals surface area contributed by atoms with Gasteiger partial charge in [-0.3, -0.25) is 9.59 Å².